The van der Waals surface area contributed by atoms with Crippen molar-refractivity contribution in [3.63, 3.8) is 0 Å². The molecule has 0 bridgehead atoms. The lowest BCUT2D eigenvalue weighted by atomic mass is 10.1. The minimum atomic E-state index is -3.61. The Labute approximate surface area is 202 Å². The van der Waals surface area contributed by atoms with Gasteiger partial charge in [-0.2, -0.15) is 0 Å². The van der Waals surface area contributed by atoms with Gasteiger partial charge in [0.15, 0.2) is 10.8 Å². The predicted octanol–water partition coefficient (Wildman–Crippen LogP) is 3.49. The van der Waals surface area contributed by atoms with E-state index >= 15 is 0 Å². The van der Waals surface area contributed by atoms with Gasteiger partial charge in [0, 0.05) is 31.2 Å². The molecule has 0 aliphatic heterocycles. The third-order valence-corrected chi connectivity index (χ3v) is 8.21. The third kappa shape index (κ3) is 4.46. The number of hydrogen-bond donors (Lipinski definition) is 1. The normalized spacial score (nSPS) is 11.9. The van der Waals surface area contributed by atoms with Crippen LogP contribution in [0.15, 0.2) is 52.5 Å². The second kappa shape index (κ2) is 9.24. The van der Waals surface area contributed by atoms with Gasteiger partial charge in [-0.1, -0.05) is 17.8 Å². The van der Waals surface area contributed by atoms with Crippen LogP contribution in [0.3, 0.4) is 0 Å². The Morgan fingerprint density at radius 2 is 1.85 bits per heavy atom. The number of anilines is 1. The molecule has 1 N–H and O–H groups in total. The van der Waals surface area contributed by atoms with Crippen molar-refractivity contribution in [1.82, 2.24) is 18.9 Å². The highest BCUT2D eigenvalue weighted by Gasteiger charge is 2.19. The molecule has 1 amide bonds. The molecule has 4 aromatic rings. The second-order valence-corrected chi connectivity index (χ2v) is 11.1. The Bertz CT molecular complexity index is 1510. The number of aromatic nitrogens is 3. The van der Waals surface area contributed by atoms with E-state index in [1.54, 1.807) is 13.2 Å². The first-order chi connectivity index (χ1) is 16.1. The summed E-state index contributed by atoms with van der Waals surface area (Å²) in [6.45, 7) is 3.82. The number of pyridine rings is 1. The van der Waals surface area contributed by atoms with Gasteiger partial charge >= 0.3 is 0 Å². The predicted molar refractivity (Wildman–Crippen MR) is 133 cm³/mol. The summed E-state index contributed by atoms with van der Waals surface area (Å²) >= 11 is 1.25. The summed E-state index contributed by atoms with van der Waals surface area (Å²) in [5.41, 5.74) is 3.84. The molecule has 2 aromatic carbocycles. The zero-order valence-corrected chi connectivity index (χ0v) is 21.1. The molecule has 2 heterocycles. The van der Waals surface area contributed by atoms with Crippen molar-refractivity contribution >= 4 is 49.9 Å². The zero-order valence-electron chi connectivity index (χ0n) is 19.5. The number of sulfonamides is 1. The highest BCUT2D eigenvalue weighted by molar-refractivity contribution is 7.99. The van der Waals surface area contributed by atoms with E-state index in [1.165, 1.54) is 38.0 Å². The minimum absolute atomic E-state index is 0.0736. The van der Waals surface area contributed by atoms with Gasteiger partial charge in [-0.3, -0.25) is 9.20 Å². The fourth-order valence-corrected chi connectivity index (χ4v) is 5.23. The van der Waals surface area contributed by atoms with Crippen molar-refractivity contribution in [2.45, 2.75) is 23.9 Å². The molecule has 0 aliphatic rings. The van der Waals surface area contributed by atoms with Gasteiger partial charge in [0.05, 0.1) is 23.3 Å². The molecule has 0 saturated heterocycles. The first kappa shape index (κ1) is 24.0. The largest absolute Gasteiger partial charge is 0.497 e. The highest BCUT2D eigenvalue weighted by atomic mass is 32.2. The van der Waals surface area contributed by atoms with Crippen LogP contribution in [0.4, 0.5) is 5.69 Å². The summed E-state index contributed by atoms with van der Waals surface area (Å²) in [6, 6.07) is 12.4. The van der Waals surface area contributed by atoms with E-state index in [2.05, 4.69) is 15.5 Å². The van der Waals surface area contributed by atoms with Crippen molar-refractivity contribution in [3.8, 4) is 5.75 Å². The van der Waals surface area contributed by atoms with E-state index in [0.717, 1.165) is 26.3 Å². The molecule has 178 valence electrons. The number of carbonyl (C=O) groups excluding carboxylic acids is 1. The van der Waals surface area contributed by atoms with Crippen LogP contribution in [0.5, 0.6) is 5.75 Å². The molecule has 0 atom stereocenters. The Balaban J connectivity index is 1.59. The molecule has 0 aliphatic carbocycles. The number of thioether (sulfide) groups is 1. The molecule has 34 heavy (non-hydrogen) atoms. The summed E-state index contributed by atoms with van der Waals surface area (Å²) in [4.78, 5) is 12.9. The van der Waals surface area contributed by atoms with Crippen molar-refractivity contribution in [1.29, 1.82) is 0 Å². The maximum absolute atomic E-state index is 12.7. The SMILES string of the molecule is COc1ccc2c(C)cc3nnc(SCC(=O)Nc4cc(S(=O)(=O)N(C)C)ccc4C)n3c2c1. The number of nitrogens with one attached hydrogen (secondary N) is 1. The van der Waals surface area contributed by atoms with Gasteiger partial charge in [-0.15, -0.1) is 10.2 Å². The molecule has 0 unspecified atom stereocenters. The molecule has 11 heteroatoms. The van der Waals surface area contributed by atoms with Crippen LogP contribution in [0.25, 0.3) is 16.6 Å². The number of hydrogen-bond acceptors (Lipinski definition) is 7. The maximum Gasteiger partial charge on any atom is 0.242 e. The summed E-state index contributed by atoms with van der Waals surface area (Å²) in [6.07, 6.45) is 0. The molecule has 2 aromatic heterocycles. The van der Waals surface area contributed by atoms with Crippen molar-refractivity contribution in [3.05, 3.63) is 53.6 Å². The van der Waals surface area contributed by atoms with E-state index in [9.17, 15) is 13.2 Å². The Hall–Kier alpha value is -3.15. The number of nitrogens with zero attached hydrogens (tertiary/aromatic N) is 4. The fourth-order valence-electron chi connectivity index (χ4n) is 3.55. The van der Waals surface area contributed by atoms with Crippen LogP contribution in [0.1, 0.15) is 11.1 Å². The highest BCUT2D eigenvalue weighted by Crippen LogP contribution is 2.29. The fraction of sp³-hybridized carbons (Fsp3) is 0.261. The smallest absolute Gasteiger partial charge is 0.242 e. The third-order valence-electron chi connectivity index (χ3n) is 5.47. The molecular formula is C23H25N5O4S2. The lowest BCUT2D eigenvalue weighted by Gasteiger charge is -2.14. The summed E-state index contributed by atoms with van der Waals surface area (Å²) in [7, 11) is 0.935. The summed E-state index contributed by atoms with van der Waals surface area (Å²) in [5, 5.41) is 13.0. The van der Waals surface area contributed by atoms with Gasteiger partial charge in [-0.25, -0.2) is 12.7 Å². The van der Waals surface area contributed by atoms with E-state index in [0.29, 0.717) is 22.2 Å². The second-order valence-electron chi connectivity index (χ2n) is 7.99. The monoisotopic (exact) mass is 499 g/mol. The van der Waals surface area contributed by atoms with Crippen molar-refractivity contribution in [2.75, 3.05) is 32.3 Å². The topological polar surface area (TPSA) is 106 Å². The van der Waals surface area contributed by atoms with E-state index < -0.39 is 10.0 Å². The quantitative estimate of drug-likeness (QED) is 0.388. The van der Waals surface area contributed by atoms with Crippen LogP contribution in [0, 0.1) is 13.8 Å². The van der Waals surface area contributed by atoms with Crippen LogP contribution in [0.2, 0.25) is 0 Å². The Morgan fingerprint density at radius 3 is 2.56 bits per heavy atom. The Kier molecular flexibility index (Phi) is 6.52. The lowest BCUT2D eigenvalue weighted by molar-refractivity contribution is -0.113. The van der Waals surface area contributed by atoms with E-state index in [4.69, 9.17) is 4.74 Å². The van der Waals surface area contributed by atoms with Crippen molar-refractivity contribution in [2.24, 2.45) is 0 Å². The molecule has 0 fully saturated rings. The van der Waals surface area contributed by atoms with Gasteiger partial charge < -0.3 is 10.1 Å². The number of ether oxygens (including phenoxy) is 1. The summed E-state index contributed by atoms with van der Waals surface area (Å²) in [5.74, 6) is 0.507. The molecule has 0 saturated carbocycles. The average Bonchev–Trinajstić information content (AvgIpc) is 3.21. The maximum atomic E-state index is 12.7. The molecule has 0 radical (unpaired) electrons. The number of carbonyl (C=O) groups is 1. The number of benzene rings is 2. The van der Waals surface area contributed by atoms with Crippen LogP contribution in [-0.4, -0.2) is 60.2 Å². The zero-order chi connectivity index (χ0) is 24.6. The number of aryl methyl sites for hydroxylation is 2. The van der Waals surface area contributed by atoms with E-state index in [-0.39, 0.29) is 16.6 Å². The van der Waals surface area contributed by atoms with Crippen molar-refractivity contribution < 1.29 is 17.9 Å². The number of rotatable bonds is 7. The van der Waals surface area contributed by atoms with Crippen LogP contribution >= 0.6 is 11.8 Å². The first-order valence-corrected chi connectivity index (χ1v) is 12.8. The molecule has 0 spiro atoms. The molecule has 4 rings (SSSR count). The number of methoxy groups -OCH3 is 1. The number of fused-ring (bicyclic) bond motifs is 3. The van der Waals surface area contributed by atoms with Crippen LogP contribution < -0.4 is 10.1 Å². The van der Waals surface area contributed by atoms with Gasteiger partial charge in [0.1, 0.15) is 5.75 Å². The van der Waals surface area contributed by atoms with Gasteiger partial charge in [0.25, 0.3) is 0 Å². The summed E-state index contributed by atoms with van der Waals surface area (Å²) < 4.78 is 33.3. The first-order valence-electron chi connectivity index (χ1n) is 10.4. The lowest BCUT2D eigenvalue weighted by Crippen LogP contribution is -2.22. The molecular weight excluding hydrogens is 474 g/mol. The van der Waals surface area contributed by atoms with Gasteiger partial charge in [-0.05, 0) is 55.3 Å². The minimum Gasteiger partial charge on any atom is -0.497 e. The van der Waals surface area contributed by atoms with Gasteiger partial charge in [0.2, 0.25) is 15.9 Å². The Morgan fingerprint density at radius 1 is 1.09 bits per heavy atom. The number of amides is 1. The average molecular weight is 500 g/mol. The standard InChI is InChI=1S/C23H25N5O4S2/c1-14-6-8-17(34(30,31)27(3)4)12-19(14)24-22(29)13-33-23-26-25-21-10-15(2)18-9-7-16(32-5)11-20(18)28(21)23/h6-12H,13H2,1-5H3,(H,24,29). The van der Waals surface area contributed by atoms with E-state index in [1.807, 2.05) is 42.5 Å². The molecule has 9 nitrogen and oxygen atoms in total. The van der Waals surface area contributed by atoms with Crippen LogP contribution in [-0.2, 0) is 14.8 Å².